The minimum atomic E-state index is -0.394. The Kier molecular flexibility index (Phi) is 7.24. The van der Waals surface area contributed by atoms with E-state index in [2.05, 4.69) is 17.6 Å². The van der Waals surface area contributed by atoms with Crippen LogP contribution < -0.4 is 10.6 Å². The molecule has 0 radical (unpaired) electrons. The number of carbonyl (C=O) groups excluding carboxylic acids is 2. The third kappa shape index (κ3) is 5.49. The summed E-state index contributed by atoms with van der Waals surface area (Å²) in [5, 5.41) is 6.25. The zero-order chi connectivity index (χ0) is 17.0. The highest BCUT2D eigenvalue weighted by atomic mass is 35.5. The Balaban J connectivity index is 0.00000288. The van der Waals surface area contributed by atoms with Crippen molar-refractivity contribution in [3.63, 3.8) is 0 Å². The number of carbonyl (C=O) groups is 2. The molecular formula is C18H28ClN3O2. The van der Waals surface area contributed by atoms with Crippen LogP contribution in [0.3, 0.4) is 0 Å². The summed E-state index contributed by atoms with van der Waals surface area (Å²) in [6.45, 7) is 10.5. The summed E-state index contributed by atoms with van der Waals surface area (Å²) in [5.41, 5.74) is 1.30. The molecule has 1 aromatic carbocycles. The third-order valence-corrected chi connectivity index (χ3v) is 3.99. The lowest BCUT2D eigenvalue weighted by molar-refractivity contribution is -0.128. The van der Waals surface area contributed by atoms with Crippen molar-refractivity contribution in [1.29, 1.82) is 0 Å². The lowest BCUT2D eigenvalue weighted by atomic mass is 9.95. The van der Waals surface area contributed by atoms with Gasteiger partial charge >= 0.3 is 0 Å². The van der Waals surface area contributed by atoms with Gasteiger partial charge in [0, 0.05) is 43.2 Å². The molecule has 2 rings (SSSR count). The van der Waals surface area contributed by atoms with Crippen LogP contribution in [0.25, 0.3) is 0 Å². The number of nitrogens with zero attached hydrogens (tertiary/aromatic N) is 1. The van der Waals surface area contributed by atoms with Crippen molar-refractivity contribution in [2.24, 2.45) is 5.41 Å². The van der Waals surface area contributed by atoms with Gasteiger partial charge in [-0.25, -0.2) is 0 Å². The smallest absolute Gasteiger partial charge is 0.253 e. The molecular weight excluding hydrogens is 326 g/mol. The van der Waals surface area contributed by atoms with E-state index in [9.17, 15) is 9.59 Å². The first kappa shape index (κ1) is 20.5. The van der Waals surface area contributed by atoms with Crippen molar-refractivity contribution in [3.8, 4) is 0 Å². The van der Waals surface area contributed by atoms with Gasteiger partial charge in [0.15, 0.2) is 0 Å². The number of hydrogen-bond acceptors (Lipinski definition) is 3. The molecule has 0 saturated carbocycles. The molecule has 134 valence electrons. The Morgan fingerprint density at radius 2 is 1.88 bits per heavy atom. The largest absolute Gasteiger partial charge is 0.352 e. The summed E-state index contributed by atoms with van der Waals surface area (Å²) >= 11 is 0. The average Bonchev–Trinajstić information content (AvgIpc) is 2.51. The number of amides is 2. The first-order valence-electron chi connectivity index (χ1n) is 8.17. The van der Waals surface area contributed by atoms with Crippen LogP contribution in [0.4, 0.5) is 0 Å². The van der Waals surface area contributed by atoms with Gasteiger partial charge in [-0.1, -0.05) is 32.9 Å². The zero-order valence-electron chi connectivity index (χ0n) is 14.9. The van der Waals surface area contributed by atoms with Crippen molar-refractivity contribution in [2.45, 2.75) is 40.3 Å². The molecule has 1 fully saturated rings. The Labute approximate surface area is 150 Å². The van der Waals surface area contributed by atoms with Gasteiger partial charge in [0.05, 0.1) is 0 Å². The van der Waals surface area contributed by atoms with Gasteiger partial charge in [0.25, 0.3) is 5.91 Å². The topological polar surface area (TPSA) is 61.4 Å². The second-order valence-corrected chi connectivity index (χ2v) is 7.24. The maximum absolute atomic E-state index is 12.5. The molecule has 1 atom stereocenters. The van der Waals surface area contributed by atoms with Crippen molar-refractivity contribution in [3.05, 3.63) is 35.4 Å². The zero-order valence-corrected chi connectivity index (χ0v) is 15.7. The average molecular weight is 354 g/mol. The maximum Gasteiger partial charge on any atom is 0.253 e. The van der Waals surface area contributed by atoms with Gasteiger partial charge in [-0.15, -0.1) is 12.4 Å². The summed E-state index contributed by atoms with van der Waals surface area (Å²) in [5.74, 6) is 0.0936. The van der Waals surface area contributed by atoms with Gasteiger partial charge in [0.1, 0.15) is 0 Å². The van der Waals surface area contributed by atoms with Crippen LogP contribution in [-0.4, -0.2) is 42.4 Å². The van der Waals surface area contributed by atoms with E-state index in [0.29, 0.717) is 18.2 Å². The molecule has 1 aliphatic heterocycles. The first-order chi connectivity index (χ1) is 10.8. The van der Waals surface area contributed by atoms with E-state index >= 15 is 0 Å². The van der Waals surface area contributed by atoms with Crippen LogP contribution in [0.1, 0.15) is 43.6 Å². The molecule has 1 heterocycles. The molecule has 24 heavy (non-hydrogen) atoms. The standard InChI is InChI=1S/C18H27N3O2.ClH/c1-13-12-21(10-9-19-13)16(22)15-7-5-14(6-8-15)11-20-17(23)18(2,3)4;/h5-8,13,19H,9-12H2,1-4H3,(H,20,23);1H. The Morgan fingerprint density at radius 1 is 1.25 bits per heavy atom. The van der Waals surface area contributed by atoms with E-state index in [1.807, 2.05) is 49.9 Å². The van der Waals surface area contributed by atoms with Gasteiger partial charge < -0.3 is 15.5 Å². The fourth-order valence-corrected chi connectivity index (χ4v) is 2.51. The van der Waals surface area contributed by atoms with E-state index in [1.54, 1.807) is 0 Å². The molecule has 0 spiro atoms. The van der Waals surface area contributed by atoms with Crippen LogP contribution in [-0.2, 0) is 11.3 Å². The summed E-state index contributed by atoms with van der Waals surface area (Å²) in [6, 6.07) is 7.82. The van der Waals surface area contributed by atoms with Crippen LogP contribution in [0.15, 0.2) is 24.3 Å². The predicted molar refractivity (Wildman–Crippen MR) is 98.4 cm³/mol. The quantitative estimate of drug-likeness (QED) is 0.875. The molecule has 2 N–H and O–H groups in total. The first-order valence-corrected chi connectivity index (χ1v) is 8.17. The SMILES string of the molecule is CC1CN(C(=O)c2ccc(CNC(=O)C(C)(C)C)cc2)CCN1.Cl. The summed E-state index contributed by atoms with van der Waals surface area (Å²) in [6.07, 6.45) is 0. The highest BCUT2D eigenvalue weighted by Gasteiger charge is 2.22. The fourth-order valence-electron chi connectivity index (χ4n) is 2.51. The summed E-state index contributed by atoms with van der Waals surface area (Å²) in [7, 11) is 0. The van der Waals surface area contributed by atoms with Crippen molar-refractivity contribution in [2.75, 3.05) is 19.6 Å². The number of piperazine rings is 1. The number of nitrogens with one attached hydrogen (secondary N) is 2. The van der Waals surface area contributed by atoms with Gasteiger partial charge in [-0.2, -0.15) is 0 Å². The van der Waals surface area contributed by atoms with Crippen LogP contribution in [0.2, 0.25) is 0 Å². The van der Waals surface area contributed by atoms with Crippen LogP contribution in [0, 0.1) is 5.41 Å². The van der Waals surface area contributed by atoms with E-state index in [-0.39, 0.29) is 24.2 Å². The van der Waals surface area contributed by atoms with E-state index in [0.717, 1.165) is 25.2 Å². The van der Waals surface area contributed by atoms with Gasteiger partial charge in [-0.05, 0) is 24.6 Å². The second kappa shape index (κ2) is 8.49. The Bertz CT molecular complexity index is 567. The number of halogens is 1. The lowest BCUT2D eigenvalue weighted by Crippen LogP contribution is -2.51. The Hall–Kier alpha value is -1.59. The normalized spacial score (nSPS) is 17.8. The number of hydrogen-bond donors (Lipinski definition) is 2. The molecule has 1 saturated heterocycles. The predicted octanol–water partition coefficient (Wildman–Crippen LogP) is 2.20. The van der Waals surface area contributed by atoms with Crippen molar-refractivity contribution >= 4 is 24.2 Å². The molecule has 0 bridgehead atoms. The molecule has 2 amide bonds. The minimum absolute atomic E-state index is 0. The summed E-state index contributed by atoms with van der Waals surface area (Å²) in [4.78, 5) is 26.2. The molecule has 0 aromatic heterocycles. The van der Waals surface area contributed by atoms with E-state index < -0.39 is 5.41 Å². The second-order valence-electron chi connectivity index (χ2n) is 7.24. The Morgan fingerprint density at radius 3 is 2.42 bits per heavy atom. The van der Waals surface area contributed by atoms with Crippen LogP contribution in [0.5, 0.6) is 0 Å². The summed E-state index contributed by atoms with van der Waals surface area (Å²) < 4.78 is 0. The van der Waals surface area contributed by atoms with Crippen LogP contribution >= 0.6 is 12.4 Å². The van der Waals surface area contributed by atoms with Crippen molar-refractivity contribution in [1.82, 2.24) is 15.5 Å². The van der Waals surface area contributed by atoms with Gasteiger partial charge in [-0.3, -0.25) is 9.59 Å². The highest BCUT2D eigenvalue weighted by molar-refractivity contribution is 5.94. The molecule has 1 unspecified atom stereocenters. The molecule has 1 aliphatic rings. The minimum Gasteiger partial charge on any atom is -0.352 e. The molecule has 0 aliphatic carbocycles. The lowest BCUT2D eigenvalue weighted by Gasteiger charge is -2.32. The van der Waals surface area contributed by atoms with Gasteiger partial charge in [0.2, 0.25) is 5.91 Å². The highest BCUT2D eigenvalue weighted by Crippen LogP contribution is 2.14. The third-order valence-electron chi connectivity index (χ3n) is 3.99. The van der Waals surface area contributed by atoms with E-state index in [1.165, 1.54) is 0 Å². The number of benzene rings is 1. The maximum atomic E-state index is 12.5. The molecule has 5 nitrogen and oxygen atoms in total. The molecule has 6 heteroatoms. The monoisotopic (exact) mass is 353 g/mol. The fraction of sp³-hybridized carbons (Fsp3) is 0.556. The number of rotatable bonds is 3. The van der Waals surface area contributed by atoms with E-state index in [4.69, 9.17) is 0 Å². The van der Waals surface area contributed by atoms with Crippen molar-refractivity contribution < 1.29 is 9.59 Å². The molecule has 1 aromatic rings.